The number of nitrogens with zero attached hydrogens (tertiary/aromatic N) is 1. The van der Waals surface area contributed by atoms with Gasteiger partial charge in [-0.2, -0.15) is 0 Å². The van der Waals surface area contributed by atoms with Crippen LogP contribution >= 0.6 is 0 Å². The van der Waals surface area contributed by atoms with Crippen LogP contribution in [0.25, 0.3) is 10.9 Å². The maximum Gasteiger partial charge on any atom is 0.326 e. The van der Waals surface area contributed by atoms with E-state index < -0.39 is 60.8 Å². The Bertz CT molecular complexity index is 1190. The predicted molar refractivity (Wildman–Crippen MR) is 137 cm³/mol. The number of fused-ring (bicyclic) bond motifs is 1. The maximum absolute atomic E-state index is 12.8. The number of carbonyl (C=O) groups excluding carboxylic acids is 3. The van der Waals surface area contributed by atoms with Gasteiger partial charge in [-0.05, 0) is 24.5 Å². The zero-order valence-corrected chi connectivity index (χ0v) is 20.5. The van der Waals surface area contributed by atoms with Crippen LogP contribution < -0.4 is 33.2 Å². The first-order chi connectivity index (χ1) is 18.0. The third kappa shape index (κ3) is 9.42. The van der Waals surface area contributed by atoms with Crippen molar-refractivity contribution < 1.29 is 34.2 Å². The molecule has 0 saturated heterocycles. The molecule has 2 rings (SSSR count). The molecule has 0 bridgehead atoms. The summed E-state index contributed by atoms with van der Waals surface area (Å²) in [5.74, 6) is -5.35. The minimum atomic E-state index is -1.59. The van der Waals surface area contributed by atoms with Gasteiger partial charge < -0.3 is 48.3 Å². The molecule has 1 aromatic heterocycles. The summed E-state index contributed by atoms with van der Waals surface area (Å²) in [5, 5.41) is 26.4. The van der Waals surface area contributed by atoms with Crippen LogP contribution in [0.2, 0.25) is 0 Å². The van der Waals surface area contributed by atoms with Crippen LogP contribution in [0, 0.1) is 0 Å². The van der Waals surface area contributed by atoms with Crippen molar-refractivity contribution >= 4 is 46.5 Å². The molecule has 0 spiro atoms. The number of guanidine groups is 1. The predicted octanol–water partition coefficient (Wildman–Crippen LogP) is -2.26. The van der Waals surface area contributed by atoms with Crippen molar-refractivity contribution in [2.45, 2.75) is 43.8 Å². The molecule has 0 radical (unpaired) electrons. The minimum absolute atomic E-state index is 0.0873. The van der Waals surface area contributed by atoms with Gasteiger partial charge in [-0.25, -0.2) is 4.79 Å². The zero-order valence-electron chi connectivity index (χ0n) is 20.5. The van der Waals surface area contributed by atoms with Crippen LogP contribution in [0.3, 0.4) is 0 Å². The van der Waals surface area contributed by atoms with E-state index in [0.717, 1.165) is 10.9 Å². The first-order valence-corrected chi connectivity index (χ1v) is 11.7. The fourth-order valence-corrected chi connectivity index (χ4v) is 3.57. The molecule has 15 heteroatoms. The van der Waals surface area contributed by atoms with Gasteiger partial charge in [0, 0.05) is 30.1 Å². The van der Waals surface area contributed by atoms with E-state index in [4.69, 9.17) is 17.2 Å². The molecule has 206 valence electrons. The fourth-order valence-electron chi connectivity index (χ4n) is 3.57. The molecule has 0 aliphatic heterocycles. The van der Waals surface area contributed by atoms with E-state index in [1.165, 1.54) is 0 Å². The quantitative estimate of drug-likeness (QED) is 0.0674. The average molecular weight is 533 g/mol. The topological polar surface area (TPSA) is 268 Å². The van der Waals surface area contributed by atoms with Crippen LogP contribution in [0.1, 0.15) is 24.8 Å². The molecule has 2 aromatic rings. The molecular weight excluding hydrogens is 500 g/mol. The number of carbonyl (C=O) groups is 5. The van der Waals surface area contributed by atoms with Gasteiger partial charge in [-0.15, -0.1) is 0 Å². The molecule has 1 aromatic carbocycles. The zero-order chi connectivity index (χ0) is 28.2. The lowest BCUT2D eigenvalue weighted by Gasteiger charge is -2.21. The van der Waals surface area contributed by atoms with Gasteiger partial charge in [0.05, 0.1) is 19.0 Å². The summed E-state index contributed by atoms with van der Waals surface area (Å²) in [7, 11) is 0. The van der Waals surface area contributed by atoms with Crippen LogP contribution in [0.4, 0.5) is 0 Å². The molecular formula is C23H32N8O7. The molecule has 0 aliphatic carbocycles. The largest absolute Gasteiger partial charge is 0.481 e. The summed E-state index contributed by atoms with van der Waals surface area (Å²) < 4.78 is 0. The third-order valence-electron chi connectivity index (χ3n) is 5.47. The summed E-state index contributed by atoms with van der Waals surface area (Å²) in [6.07, 6.45) is 1.38. The van der Waals surface area contributed by atoms with Crippen molar-refractivity contribution in [1.82, 2.24) is 20.9 Å². The first kappa shape index (κ1) is 29.6. The number of H-pyrrole nitrogens is 1. The van der Waals surface area contributed by atoms with Gasteiger partial charge in [-0.1, -0.05) is 18.2 Å². The van der Waals surface area contributed by atoms with E-state index in [2.05, 4.69) is 25.9 Å². The smallest absolute Gasteiger partial charge is 0.326 e. The van der Waals surface area contributed by atoms with Gasteiger partial charge in [0.15, 0.2) is 5.96 Å². The number of aromatic amines is 1. The van der Waals surface area contributed by atoms with Crippen LogP contribution in [-0.4, -0.2) is 82.0 Å². The maximum atomic E-state index is 12.8. The van der Waals surface area contributed by atoms with Crippen LogP contribution in [-0.2, 0) is 30.4 Å². The van der Waals surface area contributed by atoms with Crippen molar-refractivity contribution in [1.29, 1.82) is 0 Å². The highest BCUT2D eigenvalue weighted by atomic mass is 16.4. The number of rotatable bonds is 15. The van der Waals surface area contributed by atoms with E-state index in [1.807, 2.05) is 12.1 Å². The van der Waals surface area contributed by atoms with E-state index in [0.29, 0.717) is 12.0 Å². The van der Waals surface area contributed by atoms with Gasteiger partial charge in [0.25, 0.3) is 0 Å². The number of aliphatic carboxylic acids is 2. The molecule has 0 fully saturated rings. The number of carboxylic acid groups (broad SMARTS) is 2. The summed E-state index contributed by atoms with van der Waals surface area (Å²) in [5.41, 5.74) is 17.6. The monoisotopic (exact) mass is 532 g/mol. The highest BCUT2D eigenvalue weighted by molar-refractivity contribution is 5.94. The van der Waals surface area contributed by atoms with Crippen LogP contribution in [0.15, 0.2) is 35.5 Å². The Kier molecular flexibility index (Phi) is 11.0. The Morgan fingerprint density at radius 1 is 1.00 bits per heavy atom. The highest BCUT2D eigenvalue weighted by Gasteiger charge is 2.29. The number of para-hydroxylation sites is 1. The van der Waals surface area contributed by atoms with Crippen molar-refractivity contribution in [3.05, 3.63) is 36.0 Å². The Balaban J connectivity index is 1.95. The lowest BCUT2D eigenvalue weighted by Crippen LogP contribution is -2.54. The van der Waals surface area contributed by atoms with Crippen molar-refractivity contribution in [3.8, 4) is 0 Å². The number of aromatic nitrogens is 1. The summed E-state index contributed by atoms with van der Waals surface area (Å²) in [4.78, 5) is 67.1. The molecule has 0 saturated carbocycles. The molecule has 38 heavy (non-hydrogen) atoms. The minimum Gasteiger partial charge on any atom is -0.481 e. The van der Waals surface area contributed by atoms with Crippen LogP contribution in [0.5, 0.6) is 0 Å². The molecule has 15 nitrogen and oxygen atoms in total. The first-order valence-electron chi connectivity index (χ1n) is 11.7. The summed E-state index contributed by atoms with van der Waals surface area (Å²) >= 11 is 0. The van der Waals surface area contributed by atoms with Gasteiger partial charge in [-0.3, -0.25) is 24.2 Å². The lowest BCUT2D eigenvalue weighted by molar-refractivity contribution is -0.143. The summed E-state index contributed by atoms with van der Waals surface area (Å²) in [6, 6.07) is 3.26. The average Bonchev–Trinajstić information content (AvgIpc) is 3.26. The number of nitrogens with one attached hydrogen (secondary N) is 4. The third-order valence-corrected chi connectivity index (χ3v) is 5.47. The summed E-state index contributed by atoms with van der Waals surface area (Å²) in [6.45, 7) is -0.311. The van der Waals surface area contributed by atoms with Gasteiger partial charge >= 0.3 is 11.9 Å². The van der Waals surface area contributed by atoms with Crippen molar-refractivity contribution in [3.63, 3.8) is 0 Å². The number of amides is 3. The van der Waals surface area contributed by atoms with E-state index in [-0.39, 0.29) is 25.3 Å². The molecule has 0 unspecified atom stereocenters. The molecule has 12 N–H and O–H groups in total. The number of nitrogens with two attached hydrogens (primary N) is 3. The number of carboxylic acids is 2. The number of hydrogen-bond donors (Lipinski definition) is 9. The highest BCUT2D eigenvalue weighted by Crippen LogP contribution is 2.19. The fraction of sp³-hybridized carbons (Fsp3) is 0.391. The molecule has 3 atom stereocenters. The second kappa shape index (κ2) is 14.2. The Labute approximate surface area is 217 Å². The van der Waals surface area contributed by atoms with Gasteiger partial charge in [0.2, 0.25) is 17.7 Å². The molecule has 0 aliphatic rings. The SMILES string of the molecule is NC(N)=NCCC[C@H](N)C(=O)NCC(=O)N[C@H](CC(=O)O)C(=O)N[C@@H](Cc1c[nH]c2ccccc12)C(=O)O. The molecule has 3 amide bonds. The van der Waals surface area contributed by atoms with Crippen molar-refractivity contribution in [2.75, 3.05) is 13.1 Å². The Morgan fingerprint density at radius 2 is 1.71 bits per heavy atom. The molecule has 1 heterocycles. The number of aliphatic imine (C=N–C) groups is 1. The standard InChI is InChI=1S/C23H32N8O7/c24-14(5-3-7-27-23(25)26)20(35)29-11-18(32)30-16(9-19(33)34)21(36)31-17(22(37)38)8-12-10-28-15-6-2-1-4-13(12)15/h1-2,4,6,10,14,16-17,28H,3,5,7-9,11,24H2,(H,29,35)(H,30,32)(H,31,36)(H,33,34)(H,37,38)(H4,25,26,27)/t14-,16+,17-/m0/s1. The Hall–Kier alpha value is -4.66. The normalized spacial score (nSPS) is 13.1. The number of hydrogen-bond acceptors (Lipinski definition) is 7. The second-order valence-corrected chi connectivity index (χ2v) is 8.45. The number of benzene rings is 1. The lowest BCUT2D eigenvalue weighted by atomic mass is 10.0. The Morgan fingerprint density at radius 3 is 2.37 bits per heavy atom. The van der Waals surface area contributed by atoms with E-state index in [1.54, 1.807) is 18.3 Å². The van der Waals surface area contributed by atoms with E-state index in [9.17, 15) is 34.2 Å². The van der Waals surface area contributed by atoms with Crippen molar-refractivity contribution in [2.24, 2.45) is 22.2 Å². The van der Waals surface area contributed by atoms with E-state index >= 15 is 0 Å². The second-order valence-electron chi connectivity index (χ2n) is 8.45. The van der Waals surface area contributed by atoms with Gasteiger partial charge in [0.1, 0.15) is 12.1 Å².